The fourth-order valence-electron chi connectivity index (χ4n) is 7.97. The first-order valence-corrected chi connectivity index (χ1v) is 14.6. The quantitative estimate of drug-likeness (QED) is 0.301. The molecule has 37 heavy (non-hydrogen) atoms. The van der Waals surface area contributed by atoms with Crippen LogP contribution in [0.3, 0.4) is 0 Å². The summed E-state index contributed by atoms with van der Waals surface area (Å²) >= 11 is 1.78. The molecule has 0 radical (unpaired) electrons. The molecule has 3 aliphatic rings. The molecule has 2 aromatic carbocycles. The Hall–Kier alpha value is -2.92. The summed E-state index contributed by atoms with van der Waals surface area (Å²) in [5.74, 6) is 2.89. The van der Waals surface area contributed by atoms with Crippen molar-refractivity contribution in [3.8, 4) is 5.75 Å². The van der Waals surface area contributed by atoms with Gasteiger partial charge < -0.3 is 4.74 Å². The lowest BCUT2D eigenvalue weighted by molar-refractivity contribution is 0.106. The third-order valence-electron chi connectivity index (χ3n) is 9.76. The van der Waals surface area contributed by atoms with Crippen LogP contribution in [0.4, 0.5) is 0 Å². The zero-order valence-corrected chi connectivity index (χ0v) is 22.5. The van der Waals surface area contributed by atoms with E-state index in [9.17, 15) is 4.79 Å². The first kappa shape index (κ1) is 23.2. The number of nitrogens with zero attached hydrogens (tertiary/aromatic N) is 2. The van der Waals surface area contributed by atoms with Crippen molar-refractivity contribution in [2.75, 3.05) is 7.11 Å². The lowest BCUT2D eigenvalue weighted by Crippen LogP contribution is -2.43. The number of benzene rings is 2. The molecule has 0 N–H and O–H groups in total. The molecule has 4 aromatic rings. The van der Waals surface area contributed by atoms with Gasteiger partial charge in [0.05, 0.1) is 18.8 Å². The van der Waals surface area contributed by atoms with E-state index in [0.717, 1.165) is 48.1 Å². The molecule has 1 saturated carbocycles. The van der Waals surface area contributed by atoms with Gasteiger partial charge in [0.25, 0.3) is 5.56 Å². The van der Waals surface area contributed by atoms with Crippen LogP contribution in [0.1, 0.15) is 65.7 Å². The normalized spacial score (nSPS) is 25.8. The summed E-state index contributed by atoms with van der Waals surface area (Å²) in [7, 11) is 1.76. The van der Waals surface area contributed by atoms with Crippen LogP contribution in [-0.2, 0) is 31.2 Å². The molecular formula is C32H34N2O2S. The Morgan fingerprint density at radius 1 is 1.16 bits per heavy atom. The number of ether oxygens (including phenoxy) is 1. The molecule has 2 aromatic heterocycles. The highest BCUT2D eigenvalue weighted by atomic mass is 32.1. The first-order valence-electron chi connectivity index (χ1n) is 13.8. The average molecular weight is 511 g/mol. The lowest BCUT2D eigenvalue weighted by Gasteiger charge is -2.49. The smallest absolute Gasteiger partial charge is 0.262 e. The zero-order valence-electron chi connectivity index (χ0n) is 21.7. The van der Waals surface area contributed by atoms with Crippen molar-refractivity contribution in [2.24, 2.45) is 11.8 Å². The van der Waals surface area contributed by atoms with Crippen LogP contribution < -0.4 is 10.3 Å². The number of aromatic nitrogens is 2. The first-order chi connectivity index (χ1) is 18.1. The molecule has 1 fully saturated rings. The van der Waals surface area contributed by atoms with E-state index in [0.29, 0.717) is 24.3 Å². The van der Waals surface area contributed by atoms with Crippen molar-refractivity contribution >= 4 is 21.6 Å². The van der Waals surface area contributed by atoms with E-state index in [1.165, 1.54) is 34.4 Å². The van der Waals surface area contributed by atoms with Gasteiger partial charge in [-0.05, 0) is 103 Å². The van der Waals surface area contributed by atoms with Gasteiger partial charge in [-0.25, -0.2) is 4.98 Å². The maximum Gasteiger partial charge on any atom is 0.262 e. The minimum Gasteiger partial charge on any atom is -0.497 e. The summed E-state index contributed by atoms with van der Waals surface area (Å²) in [5, 5.41) is 0.923. The van der Waals surface area contributed by atoms with Gasteiger partial charge >= 0.3 is 0 Å². The Balaban J connectivity index is 1.19. The van der Waals surface area contributed by atoms with Gasteiger partial charge in [-0.15, -0.1) is 11.3 Å². The molecule has 0 aliphatic heterocycles. The number of hydrogen-bond acceptors (Lipinski definition) is 4. The largest absolute Gasteiger partial charge is 0.497 e. The second-order valence-electron chi connectivity index (χ2n) is 11.6. The molecule has 190 valence electrons. The van der Waals surface area contributed by atoms with E-state index in [1.807, 2.05) is 10.6 Å². The summed E-state index contributed by atoms with van der Waals surface area (Å²) in [4.78, 5) is 21.0. The van der Waals surface area contributed by atoms with E-state index in [-0.39, 0.29) is 11.0 Å². The maximum absolute atomic E-state index is 13.8. The van der Waals surface area contributed by atoms with Gasteiger partial charge in [0.15, 0.2) is 0 Å². The van der Waals surface area contributed by atoms with Crippen molar-refractivity contribution in [1.29, 1.82) is 0 Å². The number of aryl methyl sites for hydroxylation is 3. The van der Waals surface area contributed by atoms with Crippen molar-refractivity contribution in [3.05, 3.63) is 92.3 Å². The molecule has 2 heterocycles. The van der Waals surface area contributed by atoms with Crippen LogP contribution in [0.15, 0.2) is 59.7 Å². The topological polar surface area (TPSA) is 44.1 Å². The molecular weight excluding hydrogens is 476 g/mol. The van der Waals surface area contributed by atoms with Crippen LogP contribution in [0.5, 0.6) is 5.75 Å². The third-order valence-corrected chi connectivity index (χ3v) is 10.9. The molecule has 4 nitrogen and oxygen atoms in total. The maximum atomic E-state index is 13.8. The highest BCUT2D eigenvalue weighted by Gasteiger charge is 2.54. The fourth-order valence-corrected chi connectivity index (χ4v) is 9.30. The van der Waals surface area contributed by atoms with E-state index >= 15 is 0 Å². The van der Waals surface area contributed by atoms with Crippen molar-refractivity contribution in [2.45, 2.75) is 69.7 Å². The zero-order chi connectivity index (χ0) is 25.1. The van der Waals surface area contributed by atoms with Crippen LogP contribution in [0.2, 0.25) is 0 Å². The average Bonchev–Trinajstić information content (AvgIpc) is 3.44. The number of fused-ring (bicyclic) bond motifs is 9. The summed E-state index contributed by atoms with van der Waals surface area (Å²) in [6.45, 7) is 3.17. The second-order valence-corrected chi connectivity index (χ2v) is 12.6. The lowest BCUT2D eigenvalue weighted by atomic mass is 9.55. The Morgan fingerprint density at radius 2 is 2.03 bits per heavy atom. The number of hydrogen-bond donors (Lipinski definition) is 0. The molecule has 4 atom stereocenters. The minimum absolute atomic E-state index is 0.0722. The molecule has 7 rings (SSSR count). The van der Waals surface area contributed by atoms with Crippen molar-refractivity contribution in [1.82, 2.24) is 9.55 Å². The fraction of sp³-hybridized carbons (Fsp3) is 0.438. The predicted octanol–water partition coefficient (Wildman–Crippen LogP) is 6.67. The van der Waals surface area contributed by atoms with Gasteiger partial charge in [-0.2, -0.15) is 0 Å². The molecule has 0 spiro atoms. The van der Waals surface area contributed by atoms with Gasteiger partial charge in [0.1, 0.15) is 10.6 Å². The summed E-state index contributed by atoms with van der Waals surface area (Å²) in [6, 6.07) is 17.2. The summed E-state index contributed by atoms with van der Waals surface area (Å²) in [5.41, 5.74) is 5.93. The SMILES string of the molecule is COc1ccc2c(c1)CC[C@@H]1[C@H]3Cc4sc5ncn(CCCc6ccccc6)c(=O)c5c4[C@]3(C)CC[C@@H]21. The van der Waals surface area contributed by atoms with E-state index in [2.05, 4.69) is 49.4 Å². The molecule has 0 unspecified atom stereocenters. The van der Waals surface area contributed by atoms with E-state index in [4.69, 9.17) is 9.72 Å². The number of thiophene rings is 1. The Bertz CT molecular complexity index is 1540. The summed E-state index contributed by atoms with van der Waals surface area (Å²) < 4.78 is 7.37. The second kappa shape index (κ2) is 8.83. The Kier molecular flexibility index (Phi) is 5.54. The van der Waals surface area contributed by atoms with Crippen molar-refractivity contribution in [3.63, 3.8) is 0 Å². The van der Waals surface area contributed by atoms with Crippen LogP contribution in [-0.4, -0.2) is 16.7 Å². The Labute approximate surface area is 222 Å². The minimum atomic E-state index is 0.0722. The highest BCUT2D eigenvalue weighted by molar-refractivity contribution is 7.18. The monoisotopic (exact) mass is 510 g/mol. The summed E-state index contributed by atoms with van der Waals surface area (Å²) in [6.07, 6.45) is 9.51. The highest BCUT2D eigenvalue weighted by Crippen LogP contribution is 2.62. The molecule has 3 aliphatic carbocycles. The molecule has 0 saturated heterocycles. The van der Waals surface area contributed by atoms with Gasteiger partial charge in [-0.3, -0.25) is 9.36 Å². The van der Waals surface area contributed by atoms with Crippen LogP contribution in [0, 0.1) is 11.8 Å². The number of methoxy groups -OCH3 is 1. The predicted molar refractivity (Wildman–Crippen MR) is 150 cm³/mol. The van der Waals surface area contributed by atoms with E-state index < -0.39 is 0 Å². The molecule has 5 heteroatoms. The standard InChI is InChI=1S/C32H34N2O2S/c1-32-15-14-24-23-13-11-22(36-2)17-21(23)10-12-25(24)26(32)18-27-29(32)28-30(37-27)33-19-34(31(28)35)16-6-9-20-7-4-3-5-8-20/h3-5,7-8,11,13,17,19,24-26H,6,9-10,12,14-16,18H2,1-2H3/t24-,25-,26+,32+/m0/s1. The molecule has 0 bridgehead atoms. The van der Waals surface area contributed by atoms with Gasteiger partial charge in [-0.1, -0.05) is 43.3 Å². The van der Waals surface area contributed by atoms with E-state index in [1.54, 1.807) is 30.3 Å². The molecule has 0 amide bonds. The Morgan fingerprint density at radius 3 is 2.86 bits per heavy atom. The number of rotatable bonds is 5. The van der Waals surface area contributed by atoms with Crippen LogP contribution >= 0.6 is 11.3 Å². The third kappa shape index (κ3) is 3.61. The van der Waals surface area contributed by atoms with Gasteiger partial charge in [0.2, 0.25) is 0 Å². The van der Waals surface area contributed by atoms with Crippen molar-refractivity contribution < 1.29 is 4.74 Å². The van der Waals surface area contributed by atoms with Crippen LogP contribution in [0.25, 0.3) is 10.2 Å². The van der Waals surface area contributed by atoms with Gasteiger partial charge in [0, 0.05) is 11.4 Å².